The largest absolute Gasteiger partial charge is 0.440 e. The van der Waals surface area contributed by atoms with Gasteiger partial charge < -0.3 is 9.73 Å². The summed E-state index contributed by atoms with van der Waals surface area (Å²) in [5.74, 6) is 0.858. The maximum absolute atomic E-state index is 12.7. The minimum absolute atomic E-state index is 0.121. The fourth-order valence-corrected chi connectivity index (χ4v) is 4.52. The van der Waals surface area contributed by atoms with Crippen LogP contribution in [0.3, 0.4) is 0 Å². The van der Waals surface area contributed by atoms with Gasteiger partial charge in [-0.25, -0.2) is 17.7 Å². The van der Waals surface area contributed by atoms with E-state index in [1.165, 1.54) is 26.2 Å². The molecular formula is C27H27N3O4S. The van der Waals surface area contributed by atoms with Crippen molar-refractivity contribution in [1.29, 1.82) is 0 Å². The van der Waals surface area contributed by atoms with E-state index in [-0.39, 0.29) is 17.2 Å². The summed E-state index contributed by atoms with van der Waals surface area (Å²) in [6.45, 7) is 1.81. The van der Waals surface area contributed by atoms with Gasteiger partial charge in [0, 0.05) is 43.8 Å². The first kappa shape index (κ1) is 24.4. The normalized spacial score (nSPS) is 11.5. The molecule has 0 fully saturated rings. The van der Waals surface area contributed by atoms with Crippen molar-refractivity contribution in [2.24, 2.45) is 0 Å². The molecule has 0 aliphatic carbocycles. The lowest BCUT2D eigenvalue weighted by Gasteiger charge is -2.14. The predicted molar refractivity (Wildman–Crippen MR) is 136 cm³/mol. The van der Waals surface area contributed by atoms with Gasteiger partial charge in [-0.15, -0.1) is 0 Å². The molecule has 0 spiro atoms. The van der Waals surface area contributed by atoms with Gasteiger partial charge in [-0.3, -0.25) is 4.79 Å². The van der Waals surface area contributed by atoms with Crippen molar-refractivity contribution < 1.29 is 17.6 Å². The van der Waals surface area contributed by atoms with E-state index in [1.807, 2.05) is 67.6 Å². The molecular weight excluding hydrogens is 462 g/mol. The van der Waals surface area contributed by atoms with Crippen LogP contribution in [0.25, 0.3) is 22.6 Å². The smallest absolute Gasteiger partial charge is 0.242 e. The van der Waals surface area contributed by atoms with E-state index in [1.54, 1.807) is 6.07 Å². The molecule has 0 aliphatic rings. The second kappa shape index (κ2) is 10.2. The monoisotopic (exact) mass is 489 g/mol. The molecule has 0 radical (unpaired) electrons. The van der Waals surface area contributed by atoms with E-state index in [0.29, 0.717) is 23.8 Å². The number of sulfonamides is 1. The summed E-state index contributed by atoms with van der Waals surface area (Å²) >= 11 is 0. The molecule has 35 heavy (non-hydrogen) atoms. The second-order valence-corrected chi connectivity index (χ2v) is 10.5. The number of nitrogens with one attached hydrogen (secondary N) is 1. The summed E-state index contributed by atoms with van der Waals surface area (Å²) in [6.07, 6.45) is 0.431. The van der Waals surface area contributed by atoms with E-state index in [9.17, 15) is 13.2 Å². The Labute approximate surface area is 205 Å². The van der Waals surface area contributed by atoms with Crippen LogP contribution in [0, 0.1) is 6.92 Å². The third kappa shape index (κ3) is 5.50. The Kier molecular flexibility index (Phi) is 7.14. The van der Waals surface area contributed by atoms with Crippen LogP contribution in [0.4, 0.5) is 5.69 Å². The summed E-state index contributed by atoms with van der Waals surface area (Å²) in [4.78, 5) is 17.5. The first-order chi connectivity index (χ1) is 16.8. The Morgan fingerprint density at radius 3 is 2.20 bits per heavy atom. The predicted octanol–water partition coefficient (Wildman–Crippen LogP) is 5.14. The minimum atomic E-state index is -3.60. The van der Waals surface area contributed by atoms with Gasteiger partial charge in [0.2, 0.25) is 15.9 Å². The van der Waals surface area contributed by atoms with Gasteiger partial charge >= 0.3 is 0 Å². The average Bonchev–Trinajstić information content (AvgIpc) is 3.29. The van der Waals surface area contributed by atoms with Gasteiger partial charge in [0.05, 0.1) is 4.90 Å². The summed E-state index contributed by atoms with van der Waals surface area (Å²) in [7, 11) is -0.666. The van der Waals surface area contributed by atoms with Crippen LogP contribution in [0.1, 0.15) is 17.9 Å². The lowest BCUT2D eigenvalue weighted by Crippen LogP contribution is -2.22. The van der Waals surface area contributed by atoms with Crippen LogP contribution in [-0.2, 0) is 21.2 Å². The molecule has 8 heteroatoms. The molecule has 4 aromatic rings. The van der Waals surface area contributed by atoms with Gasteiger partial charge in [-0.2, -0.15) is 0 Å². The lowest BCUT2D eigenvalue weighted by molar-refractivity contribution is -0.116. The lowest BCUT2D eigenvalue weighted by atomic mass is 10.1. The standard InChI is InChI=1S/C27H27N3O4S/c1-19-14-15-22(35(32,33)30(2)3)18-23(19)28-24(31)16-17-25-29-26(20-10-6-4-7-11-20)27(34-25)21-12-8-5-9-13-21/h4-15,18H,16-17H2,1-3H3,(H,28,31). The molecule has 0 saturated carbocycles. The van der Waals surface area contributed by atoms with Gasteiger partial charge in [0.25, 0.3) is 0 Å². The van der Waals surface area contributed by atoms with Crippen LogP contribution < -0.4 is 5.32 Å². The third-order valence-electron chi connectivity index (χ3n) is 5.58. The maximum atomic E-state index is 12.7. The van der Waals surface area contributed by atoms with Crippen molar-refractivity contribution in [3.63, 3.8) is 0 Å². The number of hydrogen-bond acceptors (Lipinski definition) is 5. The highest BCUT2D eigenvalue weighted by molar-refractivity contribution is 7.89. The number of oxazole rings is 1. The number of nitrogens with zero attached hydrogens (tertiary/aromatic N) is 2. The molecule has 1 N–H and O–H groups in total. The van der Waals surface area contributed by atoms with Crippen molar-refractivity contribution >= 4 is 21.6 Å². The Balaban J connectivity index is 1.53. The fraction of sp³-hybridized carbons (Fsp3) is 0.185. The number of aryl methyl sites for hydroxylation is 2. The molecule has 0 saturated heterocycles. The SMILES string of the molecule is Cc1ccc(S(=O)(=O)N(C)C)cc1NC(=O)CCc1nc(-c2ccccc2)c(-c2ccccc2)o1. The molecule has 1 amide bonds. The number of carbonyl (C=O) groups excluding carboxylic acids is 1. The van der Waals surface area contributed by atoms with E-state index in [4.69, 9.17) is 4.42 Å². The van der Waals surface area contributed by atoms with E-state index >= 15 is 0 Å². The zero-order valence-corrected chi connectivity index (χ0v) is 20.7. The number of benzene rings is 3. The number of aromatic nitrogens is 1. The minimum Gasteiger partial charge on any atom is -0.440 e. The molecule has 0 bridgehead atoms. The van der Waals surface area contributed by atoms with Crippen molar-refractivity contribution in [3.8, 4) is 22.6 Å². The van der Waals surface area contributed by atoms with E-state index < -0.39 is 10.0 Å². The zero-order valence-electron chi connectivity index (χ0n) is 19.9. The van der Waals surface area contributed by atoms with Crippen LogP contribution in [0.15, 0.2) is 88.2 Å². The molecule has 0 atom stereocenters. The third-order valence-corrected chi connectivity index (χ3v) is 7.39. The molecule has 1 aromatic heterocycles. The maximum Gasteiger partial charge on any atom is 0.242 e. The quantitative estimate of drug-likeness (QED) is 0.370. The van der Waals surface area contributed by atoms with Crippen molar-refractivity contribution in [3.05, 3.63) is 90.3 Å². The van der Waals surface area contributed by atoms with Crippen molar-refractivity contribution in [2.75, 3.05) is 19.4 Å². The number of rotatable bonds is 8. The average molecular weight is 490 g/mol. The van der Waals surface area contributed by atoms with Gasteiger partial charge in [0.15, 0.2) is 11.7 Å². The topological polar surface area (TPSA) is 92.5 Å². The Bertz CT molecular complexity index is 1370. The summed E-state index contributed by atoms with van der Waals surface area (Å²) in [5.41, 5.74) is 3.79. The number of carbonyl (C=O) groups is 1. The molecule has 4 rings (SSSR count). The molecule has 180 valence electrons. The Hall–Kier alpha value is -3.75. The summed E-state index contributed by atoms with van der Waals surface area (Å²) in [6, 6.07) is 24.2. The molecule has 0 unspecified atom stereocenters. The number of amides is 1. The van der Waals surface area contributed by atoms with Crippen LogP contribution in [0.5, 0.6) is 0 Å². The van der Waals surface area contributed by atoms with E-state index in [2.05, 4.69) is 10.3 Å². The van der Waals surface area contributed by atoms with Crippen molar-refractivity contribution in [2.45, 2.75) is 24.7 Å². The molecule has 1 heterocycles. The van der Waals surface area contributed by atoms with Gasteiger partial charge in [-0.05, 0) is 24.6 Å². The molecule has 0 aliphatic heterocycles. The Morgan fingerprint density at radius 2 is 1.57 bits per heavy atom. The number of hydrogen-bond donors (Lipinski definition) is 1. The molecule has 7 nitrogen and oxygen atoms in total. The first-order valence-corrected chi connectivity index (χ1v) is 12.6. The van der Waals surface area contributed by atoms with Crippen LogP contribution in [-0.4, -0.2) is 37.7 Å². The highest BCUT2D eigenvalue weighted by Crippen LogP contribution is 2.33. The van der Waals surface area contributed by atoms with Gasteiger partial charge in [-0.1, -0.05) is 66.7 Å². The zero-order chi connectivity index (χ0) is 25.0. The summed E-state index contributed by atoms with van der Waals surface area (Å²) < 4.78 is 32.1. The highest BCUT2D eigenvalue weighted by Gasteiger charge is 2.20. The second-order valence-electron chi connectivity index (χ2n) is 8.33. The molecule has 3 aromatic carbocycles. The summed E-state index contributed by atoms with van der Waals surface area (Å²) in [5, 5.41) is 2.83. The van der Waals surface area contributed by atoms with Gasteiger partial charge in [0.1, 0.15) is 5.69 Å². The van der Waals surface area contributed by atoms with Crippen molar-refractivity contribution in [1.82, 2.24) is 9.29 Å². The number of anilines is 1. The fourth-order valence-electron chi connectivity index (χ4n) is 3.59. The Morgan fingerprint density at radius 1 is 0.943 bits per heavy atom. The highest BCUT2D eigenvalue weighted by atomic mass is 32.2. The van der Waals surface area contributed by atoms with E-state index in [0.717, 1.165) is 26.7 Å². The first-order valence-electron chi connectivity index (χ1n) is 11.2. The van der Waals surface area contributed by atoms with Crippen LogP contribution >= 0.6 is 0 Å². The van der Waals surface area contributed by atoms with Crippen LogP contribution in [0.2, 0.25) is 0 Å².